The molecule has 5 aromatic rings. The standard InChI is InChI=1S/C33H34N4O4/c1-6-40-30-16-22(5)27(17-26(30)21(3)4)32-35-28-14-10-8-13-25(28)33(39)37(32)34-18-23-19-36(20-31(38)41-7-2)29-15-11-9-12-24(23)29/h8-19,21H,6-7,20H2,1-5H3. The first kappa shape index (κ1) is 27.8. The molecule has 0 fully saturated rings. The molecule has 5 rings (SSSR count). The molecule has 8 nitrogen and oxygen atoms in total. The Kier molecular flexibility index (Phi) is 8.01. The van der Waals surface area contributed by atoms with E-state index in [0.717, 1.165) is 38.9 Å². The summed E-state index contributed by atoms with van der Waals surface area (Å²) in [4.78, 5) is 31.0. The minimum absolute atomic E-state index is 0.0777. The van der Waals surface area contributed by atoms with Crippen LogP contribution in [0.15, 0.2) is 76.8 Å². The van der Waals surface area contributed by atoms with Crippen LogP contribution < -0.4 is 10.3 Å². The highest BCUT2D eigenvalue weighted by Crippen LogP contribution is 2.34. The van der Waals surface area contributed by atoms with Gasteiger partial charge >= 0.3 is 5.97 Å². The molecule has 0 amide bonds. The molecule has 0 saturated heterocycles. The van der Waals surface area contributed by atoms with Gasteiger partial charge < -0.3 is 14.0 Å². The second-order valence-corrected chi connectivity index (χ2v) is 10.1. The van der Waals surface area contributed by atoms with Crippen LogP contribution in [0, 0.1) is 6.92 Å². The number of benzene rings is 3. The average molecular weight is 551 g/mol. The molecule has 210 valence electrons. The Morgan fingerprint density at radius 1 is 1.02 bits per heavy atom. The van der Waals surface area contributed by atoms with Gasteiger partial charge in [-0.3, -0.25) is 9.59 Å². The van der Waals surface area contributed by atoms with Gasteiger partial charge in [0.2, 0.25) is 0 Å². The Bertz CT molecular complexity index is 1830. The minimum Gasteiger partial charge on any atom is -0.494 e. The fourth-order valence-electron chi connectivity index (χ4n) is 5.05. The van der Waals surface area contributed by atoms with Gasteiger partial charge in [0, 0.05) is 28.2 Å². The number of nitrogens with zero attached hydrogens (tertiary/aromatic N) is 4. The van der Waals surface area contributed by atoms with Crippen molar-refractivity contribution in [3.8, 4) is 17.1 Å². The van der Waals surface area contributed by atoms with Crippen LogP contribution in [0.2, 0.25) is 0 Å². The first-order chi connectivity index (χ1) is 19.8. The average Bonchev–Trinajstić information content (AvgIpc) is 3.30. The van der Waals surface area contributed by atoms with Gasteiger partial charge in [-0.1, -0.05) is 44.2 Å². The lowest BCUT2D eigenvalue weighted by Crippen LogP contribution is -2.20. The van der Waals surface area contributed by atoms with Crippen molar-refractivity contribution in [1.82, 2.24) is 14.2 Å². The first-order valence-electron chi connectivity index (χ1n) is 13.9. The topological polar surface area (TPSA) is 87.7 Å². The number of hydrogen-bond acceptors (Lipinski definition) is 6. The molecule has 0 aliphatic rings. The molecular formula is C33H34N4O4. The maximum atomic E-state index is 13.8. The lowest BCUT2D eigenvalue weighted by atomic mass is 9.96. The van der Waals surface area contributed by atoms with E-state index in [2.05, 4.69) is 19.9 Å². The van der Waals surface area contributed by atoms with E-state index in [-0.39, 0.29) is 24.0 Å². The molecule has 41 heavy (non-hydrogen) atoms. The quantitative estimate of drug-likeness (QED) is 0.159. The number of esters is 1. The van der Waals surface area contributed by atoms with Crippen molar-refractivity contribution in [2.75, 3.05) is 13.2 Å². The van der Waals surface area contributed by atoms with Gasteiger partial charge in [0.25, 0.3) is 5.56 Å². The van der Waals surface area contributed by atoms with Crippen LogP contribution in [0.4, 0.5) is 0 Å². The maximum absolute atomic E-state index is 13.8. The van der Waals surface area contributed by atoms with Gasteiger partial charge in [-0.25, -0.2) is 4.98 Å². The van der Waals surface area contributed by atoms with Crippen LogP contribution in [0.25, 0.3) is 33.2 Å². The summed E-state index contributed by atoms with van der Waals surface area (Å²) < 4.78 is 14.3. The van der Waals surface area contributed by atoms with Crippen molar-refractivity contribution < 1.29 is 14.3 Å². The lowest BCUT2D eigenvalue weighted by Gasteiger charge is -2.18. The van der Waals surface area contributed by atoms with Gasteiger partial charge in [-0.2, -0.15) is 9.78 Å². The summed E-state index contributed by atoms with van der Waals surface area (Å²) in [7, 11) is 0. The highest BCUT2D eigenvalue weighted by Gasteiger charge is 2.19. The second-order valence-electron chi connectivity index (χ2n) is 10.1. The predicted octanol–water partition coefficient (Wildman–Crippen LogP) is 6.29. The van der Waals surface area contributed by atoms with Gasteiger partial charge in [0.1, 0.15) is 12.3 Å². The SMILES string of the molecule is CCOC(=O)Cn1cc(C=Nn2c(-c3cc(C(C)C)c(OCC)cc3C)nc3ccccc3c2=O)c2ccccc21. The Morgan fingerprint density at radius 2 is 1.76 bits per heavy atom. The summed E-state index contributed by atoms with van der Waals surface area (Å²) in [5, 5.41) is 6.10. The summed E-state index contributed by atoms with van der Waals surface area (Å²) in [6.07, 6.45) is 3.50. The van der Waals surface area contributed by atoms with Crippen molar-refractivity contribution in [3.05, 3.63) is 93.9 Å². The molecule has 8 heteroatoms. The van der Waals surface area contributed by atoms with E-state index >= 15 is 0 Å². The van der Waals surface area contributed by atoms with Crippen molar-refractivity contribution >= 4 is 34.0 Å². The van der Waals surface area contributed by atoms with E-state index in [9.17, 15) is 9.59 Å². The number of rotatable bonds is 9. The molecule has 0 N–H and O–H groups in total. The zero-order valence-electron chi connectivity index (χ0n) is 24.0. The van der Waals surface area contributed by atoms with E-state index in [4.69, 9.17) is 19.6 Å². The zero-order valence-corrected chi connectivity index (χ0v) is 24.0. The summed E-state index contributed by atoms with van der Waals surface area (Å²) in [5.41, 5.74) is 4.74. The molecule has 0 radical (unpaired) electrons. The number of aromatic nitrogens is 3. The van der Waals surface area contributed by atoms with Gasteiger partial charge in [0.15, 0.2) is 5.82 Å². The smallest absolute Gasteiger partial charge is 0.325 e. The van der Waals surface area contributed by atoms with E-state index in [1.54, 1.807) is 19.2 Å². The molecule has 0 spiro atoms. The van der Waals surface area contributed by atoms with Crippen LogP contribution in [0.5, 0.6) is 5.75 Å². The largest absolute Gasteiger partial charge is 0.494 e. The number of carbonyl (C=O) groups excluding carboxylic acids is 1. The molecule has 0 saturated carbocycles. The van der Waals surface area contributed by atoms with Gasteiger partial charge in [-0.05, 0) is 68.1 Å². The van der Waals surface area contributed by atoms with Crippen molar-refractivity contribution in [1.29, 1.82) is 0 Å². The maximum Gasteiger partial charge on any atom is 0.325 e. The monoisotopic (exact) mass is 550 g/mol. The normalized spacial score (nSPS) is 11.7. The molecule has 0 bridgehead atoms. The van der Waals surface area contributed by atoms with Crippen LogP contribution in [0.1, 0.15) is 50.3 Å². The van der Waals surface area contributed by atoms with E-state index in [1.807, 2.05) is 73.1 Å². The third-order valence-corrected chi connectivity index (χ3v) is 7.01. The molecule has 2 aromatic heterocycles. The highest BCUT2D eigenvalue weighted by molar-refractivity contribution is 6.00. The second kappa shape index (κ2) is 11.8. The van der Waals surface area contributed by atoms with Crippen molar-refractivity contribution in [2.45, 2.75) is 47.1 Å². The Hall–Kier alpha value is -4.72. The number of carbonyl (C=O) groups is 1. The van der Waals surface area contributed by atoms with Crippen LogP contribution in [0.3, 0.4) is 0 Å². The fraction of sp³-hybridized carbons (Fsp3) is 0.273. The molecule has 0 aliphatic heterocycles. The summed E-state index contributed by atoms with van der Waals surface area (Å²) in [6.45, 7) is 10.9. The van der Waals surface area contributed by atoms with Crippen LogP contribution in [-0.2, 0) is 16.1 Å². The zero-order chi connectivity index (χ0) is 29.1. The molecule has 0 atom stereocenters. The number of para-hydroxylation sites is 2. The minimum atomic E-state index is -0.319. The predicted molar refractivity (Wildman–Crippen MR) is 163 cm³/mol. The lowest BCUT2D eigenvalue weighted by molar-refractivity contribution is -0.143. The Morgan fingerprint density at radius 3 is 2.49 bits per heavy atom. The van der Waals surface area contributed by atoms with Crippen molar-refractivity contribution in [3.63, 3.8) is 0 Å². The third-order valence-electron chi connectivity index (χ3n) is 7.01. The van der Waals surface area contributed by atoms with Gasteiger partial charge in [-0.15, -0.1) is 0 Å². The molecule has 3 aromatic carbocycles. The molecule has 2 heterocycles. The highest BCUT2D eigenvalue weighted by atomic mass is 16.5. The van der Waals surface area contributed by atoms with Crippen molar-refractivity contribution in [2.24, 2.45) is 5.10 Å². The number of hydrogen-bond donors (Lipinski definition) is 0. The van der Waals surface area contributed by atoms with E-state index in [1.165, 1.54) is 4.68 Å². The molecular weight excluding hydrogens is 516 g/mol. The van der Waals surface area contributed by atoms with Gasteiger partial charge in [0.05, 0.1) is 30.3 Å². The summed E-state index contributed by atoms with van der Waals surface area (Å²) in [5.74, 6) is 1.16. The number of ether oxygens (including phenoxy) is 2. The third kappa shape index (κ3) is 5.50. The molecule has 0 aliphatic carbocycles. The molecule has 0 unspecified atom stereocenters. The Balaban J connectivity index is 1.70. The van der Waals surface area contributed by atoms with E-state index in [0.29, 0.717) is 29.9 Å². The fourth-order valence-corrected chi connectivity index (χ4v) is 5.05. The number of fused-ring (bicyclic) bond motifs is 2. The first-order valence-corrected chi connectivity index (χ1v) is 13.9. The van der Waals surface area contributed by atoms with E-state index < -0.39 is 0 Å². The van der Waals surface area contributed by atoms with Crippen LogP contribution in [-0.4, -0.2) is 39.6 Å². The summed E-state index contributed by atoms with van der Waals surface area (Å²) in [6, 6.07) is 19.1. The number of aryl methyl sites for hydroxylation is 1. The van der Waals surface area contributed by atoms with Crippen LogP contribution >= 0.6 is 0 Å². The Labute approximate surface area is 238 Å². The summed E-state index contributed by atoms with van der Waals surface area (Å²) >= 11 is 0.